The van der Waals surface area contributed by atoms with Crippen molar-refractivity contribution in [2.45, 2.75) is 102 Å². The number of fused-ring (bicyclic) bond motifs is 5. The molecule has 4 fully saturated rings. The van der Waals surface area contributed by atoms with Gasteiger partial charge in [-0.05, 0) is 87.8 Å². The van der Waals surface area contributed by atoms with E-state index in [0.29, 0.717) is 12.3 Å². The van der Waals surface area contributed by atoms with Crippen LogP contribution in [0.2, 0.25) is 19.6 Å². The van der Waals surface area contributed by atoms with Gasteiger partial charge in [0, 0.05) is 17.8 Å². The predicted octanol–water partition coefficient (Wildman–Crippen LogP) is 3.55. The summed E-state index contributed by atoms with van der Waals surface area (Å²) in [5.74, 6) is 0.380. The molecule has 8 nitrogen and oxygen atoms in total. The van der Waals surface area contributed by atoms with Crippen LogP contribution in [0.15, 0.2) is 0 Å². The molecule has 0 aliphatic heterocycles. The van der Waals surface area contributed by atoms with Crippen molar-refractivity contribution < 1.29 is 50.4 Å². The molecule has 0 unspecified atom stereocenters. The molecule has 38 heavy (non-hydrogen) atoms. The molecule has 220 valence electrons. The van der Waals surface area contributed by atoms with Crippen LogP contribution in [0.25, 0.3) is 0 Å². The summed E-state index contributed by atoms with van der Waals surface area (Å²) >= 11 is 0. The van der Waals surface area contributed by atoms with Crippen LogP contribution < -0.4 is 0 Å². The summed E-state index contributed by atoms with van der Waals surface area (Å²) in [5, 5.41) is 30.6. The first-order valence-electron chi connectivity index (χ1n) is 13.2. The number of rotatable bonds is 4. The van der Waals surface area contributed by atoms with Gasteiger partial charge in [-0.1, -0.05) is 13.8 Å². The molecule has 4 aliphatic rings. The van der Waals surface area contributed by atoms with Crippen LogP contribution in [0.3, 0.4) is 0 Å². The molecule has 0 amide bonds. The van der Waals surface area contributed by atoms with Crippen LogP contribution in [0, 0.1) is 34.5 Å². The number of hydrogen-bond donors (Lipinski definition) is 3. The second-order valence-corrected chi connectivity index (χ2v) is 19.4. The third-order valence-electron chi connectivity index (χ3n) is 9.73. The van der Waals surface area contributed by atoms with Crippen molar-refractivity contribution in [2.24, 2.45) is 34.5 Å². The molecule has 3 N–H and O–H groups in total. The van der Waals surface area contributed by atoms with E-state index in [4.69, 9.17) is 0 Å². The highest BCUT2D eigenvalue weighted by atomic mass is 32.2. The van der Waals surface area contributed by atoms with Crippen molar-refractivity contribution >= 4 is 30.0 Å². The Balaban J connectivity index is 0.000000284. The van der Waals surface area contributed by atoms with Gasteiger partial charge in [-0.15, -0.1) is 0 Å². The van der Waals surface area contributed by atoms with Crippen molar-refractivity contribution in [3.8, 4) is 0 Å². The number of aliphatic hydroxyl groups is 3. The van der Waals surface area contributed by atoms with Gasteiger partial charge in [0.25, 0.3) is 0 Å². The zero-order chi connectivity index (χ0) is 29.1. The maximum Gasteiger partial charge on any atom is 0.522 e. The predicted molar refractivity (Wildman–Crippen MR) is 135 cm³/mol. The number of aliphatic hydroxyl groups excluding tert-OH is 2. The fourth-order valence-corrected chi connectivity index (χ4v) is 11.0. The Bertz CT molecular complexity index is 1040. The highest BCUT2D eigenvalue weighted by Gasteiger charge is 2.68. The molecule has 8 atom stereocenters. The number of ketones is 2. The average molecular weight is 587 g/mol. The van der Waals surface area contributed by atoms with E-state index >= 15 is 0 Å². The Kier molecular flexibility index (Phi) is 8.50. The van der Waals surface area contributed by atoms with Gasteiger partial charge in [0.2, 0.25) is 8.32 Å². The summed E-state index contributed by atoms with van der Waals surface area (Å²) < 4.78 is 59.7. The Morgan fingerprint density at radius 1 is 1.11 bits per heavy atom. The number of hydrogen-bond acceptors (Lipinski definition) is 8. The van der Waals surface area contributed by atoms with Gasteiger partial charge in [0.15, 0.2) is 5.78 Å². The largest absolute Gasteiger partial charge is 0.522 e. The standard InChI is InChI=1S/C21H32O5.C4H9F3O3SSi/c1-19-7-5-13(23)9-12(19)3-4-14-15-6-8-21(26,17(25)11-22)20(15,2)10-16(24)18(14)19;1-12(2,3)10-11(8,9)4(5,6)7/h12-15,18,22-23,26H,3-11H2,1-2H3;1-3H3/t12-,13-,14+,15+,18-,19+,20+,21+;/m1./s1. The normalized spacial score (nSPS) is 41.3. The van der Waals surface area contributed by atoms with Crippen LogP contribution in [0.4, 0.5) is 13.2 Å². The first kappa shape index (κ1) is 31.7. The van der Waals surface area contributed by atoms with E-state index in [0.717, 1.165) is 38.5 Å². The topological polar surface area (TPSA) is 138 Å². The average Bonchev–Trinajstić information content (AvgIpc) is 3.02. The molecule has 0 saturated heterocycles. The molecular weight excluding hydrogens is 545 g/mol. The van der Waals surface area contributed by atoms with E-state index in [1.165, 1.54) is 19.6 Å². The van der Waals surface area contributed by atoms with E-state index in [1.54, 1.807) is 0 Å². The fourth-order valence-electron chi connectivity index (χ4n) is 8.02. The molecule has 4 rings (SSSR count). The number of halogens is 3. The van der Waals surface area contributed by atoms with Crippen LogP contribution in [-0.2, 0) is 23.6 Å². The Labute approximate surface area is 223 Å². The van der Waals surface area contributed by atoms with Crippen molar-refractivity contribution in [2.75, 3.05) is 6.61 Å². The Morgan fingerprint density at radius 2 is 1.71 bits per heavy atom. The van der Waals surface area contributed by atoms with Gasteiger partial charge in [0.05, 0.1) is 6.10 Å². The molecule has 0 aromatic carbocycles. The van der Waals surface area contributed by atoms with Gasteiger partial charge >= 0.3 is 15.6 Å². The van der Waals surface area contributed by atoms with Gasteiger partial charge in [-0.3, -0.25) is 9.59 Å². The Morgan fingerprint density at radius 3 is 2.21 bits per heavy atom. The zero-order valence-electron chi connectivity index (χ0n) is 22.7. The Hall–Kier alpha value is -0.863. The van der Waals surface area contributed by atoms with Crippen LogP contribution in [0.1, 0.15) is 65.2 Å². The van der Waals surface area contributed by atoms with Crippen molar-refractivity contribution in [1.29, 1.82) is 0 Å². The van der Waals surface area contributed by atoms with Crippen LogP contribution in [-0.4, -0.2) is 67.4 Å². The van der Waals surface area contributed by atoms with E-state index < -0.39 is 47.4 Å². The number of carbonyl (C=O) groups is 2. The summed E-state index contributed by atoms with van der Waals surface area (Å²) in [4.78, 5) is 25.7. The minimum Gasteiger partial charge on any atom is -0.393 e. The summed E-state index contributed by atoms with van der Waals surface area (Å²) in [7, 11) is -8.10. The minimum atomic E-state index is -5.39. The molecule has 0 aromatic heterocycles. The quantitative estimate of drug-likeness (QED) is 0.336. The highest BCUT2D eigenvalue weighted by molar-refractivity contribution is 7.88. The number of alkyl halides is 3. The monoisotopic (exact) mass is 586 g/mol. The van der Waals surface area contributed by atoms with Gasteiger partial charge in [-0.25, -0.2) is 0 Å². The summed E-state index contributed by atoms with van der Waals surface area (Å²) in [6.07, 6.45) is 5.47. The maximum atomic E-state index is 13.4. The molecule has 0 spiro atoms. The van der Waals surface area contributed by atoms with E-state index in [9.17, 15) is 46.5 Å². The summed E-state index contributed by atoms with van der Waals surface area (Å²) in [6.45, 7) is 7.54. The SMILES string of the molecule is C[C@]12CC[C@@H](O)C[C@H]1CC[C@@H]1[C@@H]2C(=O)C[C@@]2(C)[C@H]1CC[C@]2(O)C(=O)CO.C[Si](C)(C)OS(=O)(=O)C(F)(F)F. The molecule has 4 saturated carbocycles. The minimum absolute atomic E-state index is 0.0154. The van der Waals surface area contributed by atoms with E-state index in [-0.39, 0.29) is 41.5 Å². The van der Waals surface area contributed by atoms with Crippen LogP contribution >= 0.6 is 0 Å². The lowest BCUT2D eigenvalue weighted by molar-refractivity contribution is -0.180. The molecule has 13 heteroatoms. The zero-order valence-corrected chi connectivity index (χ0v) is 24.5. The summed E-state index contributed by atoms with van der Waals surface area (Å²) in [5.41, 5.74) is -7.72. The number of Topliss-reactive ketones (excluding diaryl/α,β-unsaturated/α-hetero) is 2. The third-order valence-corrected chi connectivity index (χ3v) is 13.2. The van der Waals surface area contributed by atoms with Crippen molar-refractivity contribution in [1.82, 2.24) is 0 Å². The first-order valence-corrected chi connectivity index (χ1v) is 18.0. The van der Waals surface area contributed by atoms with Crippen molar-refractivity contribution in [3.05, 3.63) is 0 Å². The van der Waals surface area contributed by atoms with Gasteiger partial charge in [-0.2, -0.15) is 21.6 Å². The van der Waals surface area contributed by atoms with E-state index in [1.807, 2.05) is 6.92 Å². The highest BCUT2D eigenvalue weighted by Crippen LogP contribution is 2.67. The van der Waals surface area contributed by atoms with Crippen molar-refractivity contribution in [3.63, 3.8) is 0 Å². The molecular formula is C25H41F3O8SSi. The van der Waals surface area contributed by atoms with E-state index in [2.05, 4.69) is 10.8 Å². The lowest BCUT2D eigenvalue weighted by atomic mass is 9.44. The molecule has 0 bridgehead atoms. The molecule has 0 heterocycles. The number of carbonyl (C=O) groups excluding carboxylic acids is 2. The second-order valence-electron chi connectivity index (χ2n) is 13.1. The second kappa shape index (κ2) is 10.2. The fraction of sp³-hybridized carbons (Fsp3) is 0.920. The molecule has 0 aromatic rings. The van der Waals surface area contributed by atoms with Gasteiger partial charge in [0.1, 0.15) is 18.0 Å². The third kappa shape index (κ3) is 5.39. The van der Waals surface area contributed by atoms with Gasteiger partial charge < -0.3 is 19.2 Å². The summed E-state index contributed by atoms with van der Waals surface area (Å²) in [6, 6.07) is 0. The first-order chi connectivity index (χ1) is 17.1. The molecule has 4 aliphatic carbocycles. The smallest absolute Gasteiger partial charge is 0.393 e. The van der Waals surface area contributed by atoms with Crippen LogP contribution in [0.5, 0.6) is 0 Å². The lowest BCUT2D eigenvalue weighted by Gasteiger charge is -2.60. The maximum absolute atomic E-state index is 13.4. The lowest BCUT2D eigenvalue weighted by Crippen LogP contribution is -2.62. The molecule has 0 radical (unpaired) electrons.